The fourth-order valence-electron chi connectivity index (χ4n) is 5.34. The number of aliphatic hydroxyl groups is 2. The molecule has 188 valence electrons. The lowest BCUT2D eigenvalue weighted by Gasteiger charge is -2.41. The fraction of sp³-hybridized carbons (Fsp3) is 0.440. The fourth-order valence-corrected chi connectivity index (χ4v) is 5.34. The third kappa shape index (κ3) is 4.02. The third-order valence-electron chi connectivity index (χ3n) is 7.03. The quantitative estimate of drug-likeness (QED) is 0.327. The second-order valence-corrected chi connectivity index (χ2v) is 9.71. The van der Waals surface area contributed by atoms with E-state index in [-0.39, 0.29) is 65.1 Å². The SMILES string of the molecule is C[C@@H]1O[C@@H](O[C@H]2C[C@@](C)(O)Cc3c(O)c4c(c(O)c32)C(=O)c2ccccc2C4=O)C[C@@H](N)[C@@H]1O.Cl. The van der Waals surface area contributed by atoms with Crippen LogP contribution >= 0.6 is 12.4 Å². The maximum absolute atomic E-state index is 13.3. The first kappa shape index (κ1) is 25.6. The van der Waals surface area contributed by atoms with Gasteiger partial charge in [-0.2, -0.15) is 0 Å². The Kier molecular flexibility index (Phi) is 6.46. The molecule has 0 amide bonds. The molecule has 1 fully saturated rings. The van der Waals surface area contributed by atoms with Crippen molar-refractivity contribution in [1.82, 2.24) is 0 Å². The number of hydrogen-bond donors (Lipinski definition) is 5. The van der Waals surface area contributed by atoms with Crippen LogP contribution in [0.1, 0.15) is 75.8 Å². The van der Waals surface area contributed by atoms with Crippen molar-refractivity contribution in [3.8, 4) is 11.5 Å². The predicted octanol–water partition coefficient (Wildman–Crippen LogP) is 1.87. The van der Waals surface area contributed by atoms with Crippen LogP contribution in [0.5, 0.6) is 11.5 Å². The Morgan fingerprint density at radius 3 is 2.23 bits per heavy atom. The number of phenols is 2. The number of aliphatic hydroxyl groups excluding tert-OH is 1. The molecule has 2 aliphatic carbocycles. The van der Waals surface area contributed by atoms with Crippen LogP contribution in [0.15, 0.2) is 24.3 Å². The number of ketones is 2. The number of rotatable bonds is 2. The van der Waals surface area contributed by atoms with Gasteiger partial charge in [0, 0.05) is 47.6 Å². The molecule has 0 spiro atoms. The molecule has 3 aliphatic rings. The molecule has 0 bridgehead atoms. The van der Waals surface area contributed by atoms with Crippen LogP contribution in [-0.4, -0.2) is 62.1 Å². The number of carbonyl (C=O) groups excluding carboxylic acids is 2. The van der Waals surface area contributed by atoms with Gasteiger partial charge >= 0.3 is 0 Å². The third-order valence-corrected chi connectivity index (χ3v) is 7.03. The second-order valence-electron chi connectivity index (χ2n) is 9.71. The molecule has 6 N–H and O–H groups in total. The molecule has 6 atom stereocenters. The van der Waals surface area contributed by atoms with Crippen LogP contribution in [0.4, 0.5) is 0 Å². The van der Waals surface area contributed by atoms with Gasteiger partial charge in [0.15, 0.2) is 17.9 Å². The van der Waals surface area contributed by atoms with Crippen LogP contribution in [0, 0.1) is 0 Å². The van der Waals surface area contributed by atoms with Crippen LogP contribution in [0.3, 0.4) is 0 Å². The van der Waals surface area contributed by atoms with Gasteiger partial charge in [-0.05, 0) is 13.8 Å². The van der Waals surface area contributed by atoms with E-state index in [2.05, 4.69) is 0 Å². The smallest absolute Gasteiger partial charge is 0.198 e. The summed E-state index contributed by atoms with van der Waals surface area (Å²) in [6.45, 7) is 3.22. The molecule has 10 heteroatoms. The van der Waals surface area contributed by atoms with Crippen molar-refractivity contribution in [2.24, 2.45) is 5.73 Å². The lowest BCUT2D eigenvalue weighted by atomic mass is 9.73. The largest absolute Gasteiger partial charge is 0.507 e. The van der Waals surface area contributed by atoms with Crippen molar-refractivity contribution < 1.29 is 39.5 Å². The molecular formula is C25H28ClNO8. The molecule has 1 aliphatic heterocycles. The van der Waals surface area contributed by atoms with Crippen molar-refractivity contribution in [2.75, 3.05) is 0 Å². The number of phenolic OH excluding ortho intramolecular Hbond substituents is 2. The minimum atomic E-state index is -1.34. The zero-order valence-corrected chi connectivity index (χ0v) is 20.0. The van der Waals surface area contributed by atoms with Gasteiger partial charge in [0.1, 0.15) is 11.5 Å². The molecule has 0 saturated carbocycles. The van der Waals surface area contributed by atoms with Gasteiger partial charge in [0.05, 0.1) is 35.0 Å². The van der Waals surface area contributed by atoms with Crippen molar-refractivity contribution in [3.63, 3.8) is 0 Å². The lowest BCUT2D eigenvalue weighted by molar-refractivity contribution is -0.247. The monoisotopic (exact) mass is 505 g/mol. The zero-order valence-electron chi connectivity index (χ0n) is 19.2. The van der Waals surface area contributed by atoms with Gasteiger partial charge in [-0.25, -0.2) is 0 Å². The molecule has 1 heterocycles. The lowest BCUT2D eigenvalue weighted by Crippen LogP contribution is -2.52. The van der Waals surface area contributed by atoms with Gasteiger partial charge < -0.3 is 35.6 Å². The molecule has 2 aromatic carbocycles. The van der Waals surface area contributed by atoms with Gasteiger partial charge in [-0.3, -0.25) is 9.59 Å². The summed E-state index contributed by atoms with van der Waals surface area (Å²) in [5.41, 5.74) is 4.68. The van der Waals surface area contributed by atoms with Crippen molar-refractivity contribution >= 4 is 24.0 Å². The maximum Gasteiger partial charge on any atom is 0.198 e. The van der Waals surface area contributed by atoms with Crippen LogP contribution in [0.25, 0.3) is 0 Å². The van der Waals surface area contributed by atoms with E-state index >= 15 is 0 Å². The van der Waals surface area contributed by atoms with Crippen molar-refractivity contribution in [3.05, 3.63) is 57.6 Å². The Morgan fingerprint density at radius 2 is 1.66 bits per heavy atom. The molecule has 0 aromatic heterocycles. The molecule has 5 rings (SSSR count). The highest BCUT2D eigenvalue weighted by molar-refractivity contribution is 6.30. The van der Waals surface area contributed by atoms with E-state index in [9.17, 15) is 30.0 Å². The Balaban J connectivity index is 0.00000289. The number of carbonyl (C=O) groups is 2. The Hall–Kier alpha value is -2.53. The number of halogens is 1. The zero-order chi connectivity index (χ0) is 24.5. The number of fused-ring (bicyclic) bond motifs is 3. The molecule has 0 radical (unpaired) electrons. The van der Waals surface area contributed by atoms with Gasteiger partial charge in [-0.15, -0.1) is 12.4 Å². The average molecular weight is 506 g/mol. The highest BCUT2D eigenvalue weighted by atomic mass is 35.5. The summed E-state index contributed by atoms with van der Waals surface area (Å²) in [7, 11) is 0. The van der Waals surface area contributed by atoms with E-state index in [1.165, 1.54) is 12.1 Å². The van der Waals surface area contributed by atoms with Gasteiger partial charge in [0.25, 0.3) is 0 Å². The Bertz CT molecular complexity index is 1200. The van der Waals surface area contributed by atoms with Crippen LogP contribution in [-0.2, 0) is 15.9 Å². The topological polar surface area (TPSA) is 160 Å². The first-order valence-corrected chi connectivity index (χ1v) is 11.3. The van der Waals surface area contributed by atoms with E-state index < -0.39 is 59.3 Å². The number of benzene rings is 2. The van der Waals surface area contributed by atoms with E-state index in [0.29, 0.717) is 0 Å². The highest BCUT2D eigenvalue weighted by Gasteiger charge is 2.45. The summed E-state index contributed by atoms with van der Waals surface area (Å²) in [4.78, 5) is 26.5. The first-order valence-electron chi connectivity index (χ1n) is 11.3. The van der Waals surface area contributed by atoms with Gasteiger partial charge in [0.2, 0.25) is 0 Å². The van der Waals surface area contributed by atoms with E-state index in [0.717, 1.165) is 0 Å². The summed E-state index contributed by atoms with van der Waals surface area (Å²) in [6, 6.07) is 5.63. The molecule has 9 nitrogen and oxygen atoms in total. The minimum absolute atomic E-state index is 0. The van der Waals surface area contributed by atoms with Crippen LogP contribution in [0.2, 0.25) is 0 Å². The predicted molar refractivity (Wildman–Crippen MR) is 126 cm³/mol. The minimum Gasteiger partial charge on any atom is -0.507 e. The summed E-state index contributed by atoms with van der Waals surface area (Å²) in [6.07, 6.45) is -3.13. The van der Waals surface area contributed by atoms with Crippen LogP contribution < -0.4 is 5.73 Å². The van der Waals surface area contributed by atoms with E-state index in [1.807, 2.05) is 0 Å². The molecule has 1 saturated heterocycles. The molecule has 35 heavy (non-hydrogen) atoms. The molecule has 0 unspecified atom stereocenters. The summed E-state index contributed by atoms with van der Waals surface area (Å²) in [5, 5.41) is 43.4. The highest BCUT2D eigenvalue weighted by Crippen LogP contribution is 2.51. The normalized spacial score (nSPS) is 31.7. The second kappa shape index (κ2) is 8.85. The number of ether oxygens (including phenoxy) is 2. The standard InChI is InChI=1S/C25H27NO8.ClH/c1-10-20(27)14(26)7-16(33-10)34-15-9-25(2,32)8-13-17(15)24(31)19-18(23(13)30)21(28)11-5-3-4-6-12(11)22(19)29;/h3-6,10,14-16,20,27,30-32H,7-9,26H2,1-2H3;1H/t10-,14+,15-,16-,20+,25-;/m0./s1. The maximum atomic E-state index is 13.3. The number of nitrogens with two attached hydrogens (primary N) is 1. The molecule has 2 aromatic rings. The number of hydrogen-bond acceptors (Lipinski definition) is 9. The summed E-state index contributed by atoms with van der Waals surface area (Å²) in [5.74, 6) is -2.06. The first-order chi connectivity index (χ1) is 16.0. The Labute approximate surface area is 207 Å². The summed E-state index contributed by atoms with van der Waals surface area (Å²) >= 11 is 0. The van der Waals surface area contributed by atoms with Crippen molar-refractivity contribution in [1.29, 1.82) is 0 Å². The Morgan fingerprint density at radius 1 is 1.09 bits per heavy atom. The number of aromatic hydroxyl groups is 2. The van der Waals surface area contributed by atoms with E-state index in [1.54, 1.807) is 26.0 Å². The summed E-state index contributed by atoms with van der Waals surface area (Å²) < 4.78 is 11.8. The molecular weight excluding hydrogens is 478 g/mol. The van der Waals surface area contributed by atoms with E-state index in [4.69, 9.17) is 15.2 Å². The average Bonchev–Trinajstić information content (AvgIpc) is 2.77. The van der Waals surface area contributed by atoms with Crippen molar-refractivity contribution in [2.45, 2.75) is 69.4 Å². The van der Waals surface area contributed by atoms with Gasteiger partial charge in [-0.1, -0.05) is 24.3 Å².